The molecular weight excluding hydrogens is 389 g/mol. The second-order valence-electron chi connectivity index (χ2n) is 6.15. The Hall–Kier alpha value is -2.26. The molecule has 1 atom stereocenters. The first-order valence-electron chi connectivity index (χ1n) is 7.84. The van der Waals surface area contributed by atoms with E-state index in [4.69, 9.17) is 33.7 Å². The predicted octanol–water partition coefficient (Wildman–Crippen LogP) is 5.44. The monoisotopic (exact) mass is 401 g/mol. The van der Waals surface area contributed by atoms with Gasteiger partial charge in [0, 0.05) is 15.7 Å². The number of nitriles is 1. The van der Waals surface area contributed by atoms with Crippen LogP contribution in [0.3, 0.4) is 0 Å². The number of hydrogen-bond donors (Lipinski definition) is 1. The molecule has 0 bridgehead atoms. The van der Waals surface area contributed by atoms with Gasteiger partial charge in [-0.15, -0.1) is 11.3 Å². The zero-order chi connectivity index (χ0) is 18.6. The van der Waals surface area contributed by atoms with Gasteiger partial charge in [-0.1, -0.05) is 29.3 Å². The van der Waals surface area contributed by atoms with E-state index in [1.165, 1.54) is 11.3 Å². The summed E-state index contributed by atoms with van der Waals surface area (Å²) in [5.74, 6) is 0.339. The molecule has 26 heavy (non-hydrogen) atoms. The quantitative estimate of drug-likeness (QED) is 0.589. The molecule has 0 fully saturated rings. The van der Waals surface area contributed by atoms with Crippen LogP contribution in [0.5, 0.6) is 5.75 Å². The van der Waals surface area contributed by atoms with Crippen molar-refractivity contribution in [2.75, 3.05) is 0 Å². The Morgan fingerprint density at radius 3 is 2.73 bits per heavy atom. The molecule has 3 aromatic rings. The number of nitrogens with zero attached hydrogens (tertiary/aromatic N) is 2. The van der Waals surface area contributed by atoms with Crippen molar-refractivity contribution in [1.82, 2.24) is 4.98 Å². The Balaban J connectivity index is 2.05. The summed E-state index contributed by atoms with van der Waals surface area (Å²) >= 11 is 14.0. The number of hydrogen-bond acceptors (Lipinski definition) is 5. The summed E-state index contributed by atoms with van der Waals surface area (Å²) < 4.78 is 5.86. The van der Waals surface area contributed by atoms with E-state index in [0.29, 0.717) is 21.4 Å². The second-order valence-corrected chi connectivity index (χ2v) is 8.02. The molecule has 0 aliphatic carbocycles. The van der Waals surface area contributed by atoms with Gasteiger partial charge in [-0.2, -0.15) is 5.26 Å². The molecule has 0 saturated heterocycles. The average molecular weight is 402 g/mol. The molecule has 0 spiro atoms. The van der Waals surface area contributed by atoms with Gasteiger partial charge in [-0.25, -0.2) is 4.98 Å². The maximum absolute atomic E-state index is 9.69. The third-order valence-electron chi connectivity index (χ3n) is 4.39. The highest BCUT2D eigenvalue weighted by molar-refractivity contribution is 7.19. The minimum Gasteiger partial charge on any atom is -0.439 e. The standard InChI is InChI=1S/C19H13Cl2N3OS/c1-8-5-9(2)24-19-14(8)16-17(26-19)15(12(7-22)18(23)25-16)11-4-3-10(20)6-13(11)21/h3-6,15H,23H2,1-2H3. The summed E-state index contributed by atoms with van der Waals surface area (Å²) in [4.78, 5) is 6.35. The van der Waals surface area contributed by atoms with E-state index in [2.05, 4.69) is 11.1 Å². The second kappa shape index (κ2) is 6.17. The van der Waals surface area contributed by atoms with Gasteiger partial charge >= 0.3 is 0 Å². The molecule has 1 aromatic carbocycles. The largest absolute Gasteiger partial charge is 0.439 e. The van der Waals surface area contributed by atoms with Crippen LogP contribution in [0.4, 0.5) is 0 Å². The number of nitrogens with two attached hydrogens (primary N) is 1. The Kier molecular flexibility index (Phi) is 4.07. The van der Waals surface area contributed by atoms with E-state index >= 15 is 0 Å². The summed E-state index contributed by atoms with van der Waals surface area (Å²) in [5, 5.41) is 11.6. The number of ether oxygens (including phenoxy) is 1. The van der Waals surface area contributed by atoms with Crippen molar-refractivity contribution in [3.8, 4) is 11.8 Å². The number of fused-ring (bicyclic) bond motifs is 3. The summed E-state index contributed by atoms with van der Waals surface area (Å²) in [6.45, 7) is 3.96. The fourth-order valence-electron chi connectivity index (χ4n) is 3.31. The van der Waals surface area contributed by atoms with Crippen LogP contribution in [-0.4, -0.2) is 4.98 Å². The number of aromatic nitrogens is 1. The topological polar surface area (TPSA) is 71.9 Å². The summed E-state index contributed by atoms with van der Waals surface area (Å²) in [5.41, 5.74) is 9.17. The van der Waals surface area contributed by atoms with Crippen LogP contribution in [0, 0.1) is 25.2 Å². The van der Waals surface area contributed by atoms with E-state index < -0.39 is 5.92 Å². The fourth-order valence-corrected chi connectivity index (χ4v) is 5.18. The van der Waals surface area contributed by atoms with Crippen molar-refractivity contribution >= 4 is 44.8 Å². The van der Waals surface area contributed by atoms with Crippen molar-refractivity contribution in [3.05, 3.63) is 67.5 Å². The highest BCUT2D eigenvalue weighted by Crippen LogP contribution is 2.51. The third-order valence-corrected chi connectivity index (χ3v) is 6.08. The molecule has 4 nitrogen and oxygen atoms in total. The maximum atomic E-state index is 9.69. The minimum atomic E-state index is -0.410. The number of benzene rings is 1. The van der Waals surface area contributed by atoms with Crippen LogP contribution < -0.4 is 10.5 Å². The highest BCUT2D eigenvalue weighted by atomic mass is 35.5. The third kappa shape index (κ3) is 2.53. The SMILES string of the molecule is Cc1cc(C)c2c3c(sc2n1)C(c1ccc(Cl)cc1Cl)C(C#N)=C(N)O3. The Labute approximate surface area is 164 Å². The number of rotatable bonds is 1. The van der Waals surface area contributed by atoms with Crippen molar-refractivity contribution in [2.45, 2.75) is 19.8 Å². The molecule has 2 aromatic heterocycles. The first-order chi connectivity index (χ1) is 12.4. The Morgan fingerprint density at radius 1 is 1.27 bits per heavy atom. The van der Waals surface area contributed by atoms with Crippen LogP contribution in [0.15, 0.2) is 35.7 Å². The molecule has 0 saturated carbocycles. The van der Waals surface area contributed by atoms with E-state index in [-0.39, 0.29) is 5.88 Å². The van der Waals surface area contributed by atoms with Crippen molar-refractivity contribution in [3.63, 3.8) is 0 Å². The van der Waals surface area contributed by atoms with E-state index in [0.717, 1.165) is 31.9 Å². The number of halogens is 2. The molecule has 7 heteroatoms. The van der Waals surface area contributed by atoms with E-state index in [1.54, 1.807) is 12.1 Å². The average Bonchev–Trinajstić information content (AvgIpc) is 2.92. The van der Waals surface area contributed by atoms with Gasteiger partial charge in [-0.3, -0.25) is 0 Å². The van der Waals surface area contributed by atoms with Gasteiger partial charge in [0.05, 0.1) is 16.2 Å². The maximum Gasteiger partial charge on any atom is 0.205 e. The molecule has 1 aliphatic heterocycles. The van der Waals surface area contributed by atoms with Crippen LogP contribution >= 0.6 is 34.5 Å². The molecule has 0 radical (unpaired) electrons. The van der Waals surface area contributed by atoms with Crippen LogP contribution in [-0.2, 0) is 0 Å². The minimum absolute atomic E-state index is 0.0932. The van der Waals surface area contributed by atoms with Crippen molar-refractivity contribution < 1.29 is 4.74 Å². The van der Waals surface area contributed by atoms with Gasteiger partial charge in [-0.05, 0) is 43.2 Å². The van der Waals surface area contributed by atoms with Crippen molar-refractivity contribution in [2.24, 2.45) is 5.73 Å². The molecule has 130 valence electrons. The van der Waals surface area contributed by atoms with E-state index in [1.807, 2.05) is 26.0 Å². The van der Waals surface area contributed by atoms with Gasteiger partial charge in [0.15, 0.2) is 5.75 Å². The zero-order valence-corrected chi connectivity index (χ0v) is 16.3. The Bertz CT molecular complexity index is 1140. The lowest BCUT2D eigenvalue weighted by molar-refractivity contribution is 0.401. The van der Waals surface area contributed by atoms with Crippen LogP contribution in [0.2, 0.25) is 10.0 Å². The van der Waals surface area contributed by atoms with Crippen molar-refractivity contribution in [1.29, 1.82) is 5.26 Å². The lowest BCUT2D eigenvalue weighted by atomic mass is 9.88. The van der Waals surface area contributed by atoms with Gasteiger partial charge in [0.25, 0.3) is 0 Å². The normalized spacial score (nSPS) is 16.3. The number of pyridine rings is 1. The molecule has 1 unspecified atom stereocenters. The zero-order valence-electron chi connectivity index (χ0n) is 13.9. The summed E-state index contributed by atoms with van der Waals surface area (Å²) in [6.07, 6.45) is 0. The Morgan fingerprint density at radius 2 is 2.04 bits per heavy atom. The van der Waals surface area contributed by atoms with Gasteiger partial charge in [0.1, 0.15) is 16.5 Å². The van der Waals surface area contributed by atoms with Crippen LogP contribution in [0.25, 0.3) is 10.2 Å². The molecule has 0 amide bonds. The molecule has 2 N–H and O–H groups in total. The first-order valence-corrected chi connectivity index (χ1v) is 9.41. The lowest BCUT2D eigenvalue weighted by Crippen LogP contribution is -2.20. The van der Waals surface area contributed by atoms with Crippen LogP contribution in [0.1, 0.15) is 27.6 Å². The molecule has 3 heterocycles. The lowest BCUT2D eigenvalue weighted by Gasteiger charge is -2.24. The van der Waals surface area contributed by atoms with Gasteiger partial charge < -0.3 is 10.5 Å². The first kappa shape index (κ1) is 17.2. The number of allylic oxidation sites excluding steroid dienone is 1. The highest BCUT2D eigenvalue weighted by Gasteiger charge is 2.35. The van der Waals surface area contributed by atoms with Gasteiger partial charge in [0.2, 0.25) is 5.88 Å². The fraction of sp³-hybridized carbons (Fsp3) is 0.158. The summed E-state index contributed by atoms with van der Waals surface area (Å²) in [7, 11) is 0. The summed E-state index contributed by atoms with van der Waals surface area (Å²) in [6, 6.07) is 9.43. The molecular formula is C19H13Cl2N3OS. The van der Waals surface area contributed by atoms with E-state index in [9.17, 15) is 5.26 Å². The number of thiophene rings is 1. The molecule has 4 rings (SSSR count). The number of aryl methyl sites for hydroxylation is 2. The predicted molar refractivity (Wildman–Crippen MR) is 105 cm³/mol. The molecule has 1 aliphatic rings. The smallest absolute Gasteiger partial charge is 0.205 e.